The fraction of sp³-hybridized carbons (Fsp3) is 0.700. The molecule has 0 spiro atoms. The number of hydrogen-bond donors (Lipinski definition) is 1. The summed E-state index contributed by atoms with van der Waals surface area (Å²) >= 11 is 0. The van der Waals surface area contributed by atoms with Crippen LogP contribution in [-0.4, -0.2) is 47.8 Å². The zero-order chi connectivity index (χ0) is 18.6. The van der Waals surface area contributed by atoms with E-state index < -0.39 is 0 Å². The van der Waals surface area contributed by atoms with Crippen LogP contribution < -0.4 is 0 Å². The highest BCUT2D eigenvalue weighted by Crippen LogP contribution is 2.30. The van der Waals surface area contributed by atoms with Crippen LogP contribution in [0.4, 0.5) is 0 Å². The van der Waals surface area contributed by atoms with E-state index in [9.17, 15) is 5.11 Å². The second-order valence-corrected chi connectivity index (χ2v) is 8.05. The molecule has 1 aliphatic heterocycles. The van der Waals surface area contributed by atoms with E-state index in [1.54, 1.807) is 0 Å². The van der Waals surface area contributed by atoms with E-state index in [2.05, 4.69) is 25.1 Å². The Kier molecular flexibility index (Phi) is 5.78. The fourth-order valence-electron chi connectivity index (χ4n) is 4.55. The third-order valence-corrected chi connectivity index (χ3v) is 6.11. The van der Waals surface area contributed by atoms with Crippen LogP contribution in [0, 0.1) is 0 Å². The van der Waals surface area contributed by atoms with Crippen molar-refractivity contribution in [2.24, 2.45) is 7.05 Å². The molecule has 1 aliphatic carbocycles. The molecule has 4 rings (SSSR count). The predicted molar refractivity (Wildman–Crippen MR) is 102 cm³/mol. The number of piperidine rings is 1. The van der Waals surface area contributed by atoms with Gasteiger partial charge in [0.2, 0.25) is 0 Å². The summed E-state index contributed by atoms with van der Waals surface area (Å²) in [6.45, 7) is 2.87. The summed E-state index contributed by atoms with van der Waals surface area (Å²) in [6, 6.07) is 0. The van der Waals surface area contributed by atoms with Crippen LogP contribution >= 0.6 is 0 Å². The van der Waals surface area contributed by atoms with E-state index in [1.807, 2.05) is 24.0 Å². The largest absolute Gasteiger partial charge is 0.388 e. The summed E-state index contributed by atoms with van der Waals surface area (Å²) in [5, 5.41) is 17.8. The zero-order valence-electron chi connectivity index (χ0n) is 16.2. The van der Waals surface area contributed by atoms with E-state index in [-0.39, 0.29) is 6.61 Å². The molecule has 7 heteroatoms. The molecule has 146 valence electrons. The molecule has 0 aromatic carbocycles. The molecule has 27 heavy (non-hydrogen) atoms. The molecule has 2 aliphatic rings. The number of rotatable bonds is 5. The van der Waals surface area contributed by atoms with E-state index in [4.69, 9.17) is 0 Å². The summed E-state index contributed by atoms with van der Waals surface area (Å²) in [5.41, 5.74) is 1.18. The third-order valence-electron chi connectivity index (χ3n) is 6.11. The lowest BCUT2D eigenvalue weighted by molar-refractivity contribution is 0.194. The second-order valence-electron chi connectivity index (χ2n) is 8.05. The number of hydrogen-bond acceptors (Lipinski definition) is 6. The number of likely N-dealkylation sites (tertiary alicyclic amines) is 1. The van der Waals surface area contributed by atoms with Gasteiger partial charge in [-0.3, -0.25) is 4.90 Å². The first kappa shape index (κ1) is 18.5. The van der Waals surface area contributed by atoms with Gasteiger partial charge in [-0.2, -0.15) is 0 Å². The van der Waals surface area contributed by atoms with Crippen LogP contribution in [0.5, 0.6) is 0 Å². The number of nitrogens with zero attached hydrogens (tertiary/aromatic N) is 6. The summed E-state index contributed by atoms with van der Waals surface area (Å²) in [6.07, 6.45) is 12.8. The van der Waals surface area contributed by atoms with Gasteiger partial charge in [0.1, 0.15) is 18.3 Å². The van der Waals surface area contributed by atoms with Gasteiger partial charge in [0.05, 0.1) is 0 Å². The molecule has 0 radical (unpaired) electrons. The topological polar surface area (TPSA) is 80.0 Å². The van der Waals surface area contributed by atoms with Crippen LogP contribution in [0.2, 0.25) is 0 Å². The summed E-state index contributed by atoms with van der Waals surface area (Å²) in [7, 11) is 1.94. The van der Waals surface area contributed by atoms with E-state index in [1.165, 1.54) is 37.7 Å². The van der Waals surface area contributed by atoms with Crippen molar-refractivity contribution in [3.8, 4) is 0 Å². The minimum Gasteiger partial charge on any atom is -0.388 e. The molecular weight excluding hydrogens is 340 g/mol. The van der Waals surface area contributed by atoms with Crippen molar-refractivity contribution >= 4 is 0 Å². The Morgan fingerprint density at radius 2 is 1.74 bits per heavy atom. The van der Waals surface area contributed by atoms with Gasteiger partial charge >= 0.3 is 0 Å². The Morgan fingerprint density at radius 1 is 1.00 bits per heavy atom. The van der Waals surface area contributed by atoms with E-state index in [0.717, 1.165) is 44.1 Å². The maximum Gasteiger partial charge on any atom is 0.158 e. The number of aliphatic hydroxyl groups excluding tert-OH is 1. The predicted octanol–water partition coefficient (Wildman–Crippen LogP) is 2.52. The zero-order valence-corrected chi connectivity index (χ0v) is 16.2. The Bertz CT molecular complexity index is 737. The quantitative estimate of drug-likeness (QED) is 0.871. The summed E-state index contributed by atoms with van der Waals surface area (Å²) in [4.78, 5) is 11.8. The van der Waals surface area contributed by atoms with Crippen LogP contribution in [-0.2, 0) is 20.2 Å². The highest BCUT2D eigenvalue weighted by molar-refractivity contribution is 5.09. The van der Waals surface area contributed by atoms with Gasteiger partial charge in [0.25, 0.3) is 0 Å². The molecule has 1 saturated carbocycles. The van der Waals surface area contributed by atoms with Crippen molar-refractivity contribution in [2.75, 3.05) is 13.1 Å². The maximum absolute atomic E-state index is 9.35. The normalized spacial score (nSPS) is 22.2. The van der Waals surface area contributed by atoms with Crippen molar-refractivity contribution in [1.29, 1.82) is 0 Å². The molecule has 7 nitrogen and oxygen atoms in total. The van der Waals surface area contributed by atoms with Crippen molar-refractivity contribution in [1.82, 2.24) is 29.6 Å². The standard InChI is InChI=1S/C20H30N6O/c1-25-18(14-27)23-24-20(25)17-8-5-9-26(13-17)12-15-10-21-19(22-11-15)16-6-3-2-4-7-16/h10-11,16-17,27H,2-9,12-14H2,1H3. The van der Waals surface area contributed by atoms with Gasteiger partial charge in [0, 0.05) is 49.9 Å². The first-order chi connectivity index (χ1) is 13.2. The Hall–Kier alpha value is -1.86. The van der Waals surface area contributed by atoms with Gasteiger partial charge in [-0.05, 0) is 32.2 Å². The average molecular weight is 371 g/mol. The minimum atomic E-state index is -0.0649. The molecule has 2 aromatic heterocycles. The highest BCUT2D eigenvalue weighted by atomic mass is 16.3. The monoisotopic (exact) mass is 370 g/mol. The lowest BCUT2D eigenvalue weighted by atomic mass is 9.89. The SMILES string of the molecule is Cn1c(CO)nnc1C1CCCN(Cc2cnc(C3CCCCC3)nc2)C1. The second kappa shape index (κ2) is 8.44. The highest BCUT2D eigenvalue weighted by Gasteiger charge is 2.26. The van der Waals surface area contributed by atoms with E-state index in [0.29, 0.717) is 17.7 Å². The number of aromatic nitrogens is 5. The lowest BCUT2D eigenvalue weighted by Crippen LogP contribution is -2.35. The molecule has 1 N–H and O–H groups in total. The van der Waals surface area contributed by atoms with Crippen molar-refractivity contribution in [2.45, 2.75) is 69.9 Å². The van der Waals surface area contributed by atoms with Crippen LogP contribution in [0.1, 0.15) is 79.8 Å². The Labute approximate surface area is 160 Å². The van der Waals surface area contributed by atoms with Crippen LogP contribution in [0.15, 0.2) is 12.4 Å². The molecule has 0 amide bonds. The van der Waals surface area contributed by atoms with Crippen LogP contribution in [0.3, 0.4) is 0 Å². The first-order valence-corrected chi connectivity index (χ1v) is 10.3. The number of aliphatic hydroxyl groups is 1. The molecule has 2 fully saturated rings. The molecule has 2 aromatic rings. The molecule has 1 saturated heterocycles. The molecule has 0 bridgehead atoms. The Morgan fingerprint density at radius 3 is 2.44 bits per heavy atom. The lowest BCUT2D eigenvalue weighted by Gasteiger charge is -2.32. The molecule has 3 heterocycles. The fourth-order valence-corrected chi connectivity index (χ4v) is 4.55. The first-order valence-electron chi connectivity index (χ1n) is 10.3. The smallest absolute Gasteiger partial charge is 0.158 e. The minimum absolute atomic E-state index is 0.0649. The van der Waals surface area contributed by atoms with Crippen molar-refractivity contribution in [3.63, 3.8) is 0 Å². The van der Waals surface area contributed by atoms with Gasteiger partial charge in [-0.25, -0.2) is 9.97 Å². The van der Waals surface area contributed by atoms with Crippen molar-refractivity contribution in [3.05, 3.63) is 35.4 Å². The third kappa shape index (κ3) is 4.19. The summed E-state index contributed by atoms with van der Waals surface area (Å²) in [5.74, 6) is 3.56. The molecule has 1 atom stereocenters. The van der Waals surface area contributed by atoms with Gasteiger partial charge in [0.15, 0.2) is 5.82 Å². The van der Waals surface area contributed by atoms with Gasteiger partial charge in [-0.15, -0.1) is 10.2 Å². The Balaban J connectivity index is 1.38. The van der Waals surface area contributed by atoms with Gasteiger partial charge < -0.3 is 9.67 Å². The van der Waals surface area contributed by atoms with Gasteiger partial charge in [-0.1, -0.05) is 19.3 Å². The molecule has 1 unspecified atom stereocenters. The molecular formula is C20H30N6O. The summed E-state index contributed by atoms with van der Waals surface area (Å²) < 4.78 is 1.94. The van der Waals surface area contributed by atoms with Crippen molar-refractivity contribution < 1.29 is 5.11 Å². The van der Waals surface area contributed by atoms with Crippen LogP contribution in [0.25, 0.3) is 0 Å². The average Bonchev–Trinajstić information content (AvgIpc) is 3.10. The van der Waals surface area contributed by atoms with E-state index >= 15 is 0 Å². The maximum atomic E-state index is 9.35.